The molecule has 0 saturated carbocycles. The number of nitrogens with zero attached hydrogens (tertiary/aromatic N) is 1. The topological polar surface area (TPSA) is 89.3 Å². The van der Waals surface area contributed by atoms with Crippen LogP contribution >= 0.6 is 0 Å². The standard InChI is InChI=1S/C10H8N2O4Se/c13-9-5-7(10(14)11-9)6-3-1-2-4-8(6)17-12(15)16/h1-4,7H,5H2,(H,11,13,14). The number of carbonyl (C=O) groups excluding carboxylic acids is 2. The molecule has 7 heteroatoms. The molecule has 0 radical (unpaired) electrons. The third kappa shape index (κ3) is 2.51. The summed E-state index contributed by atoms with van der Waals surface area (Å²) in [5.74, 6) is -1.29. The Bertz CT molecular complexity index is 503. The first-order valence-corrected chi connectivity index (χ1v) is 6.45. The monoisotopic (exact) mass is 300 g/mol. The van der Waals surface area contributed by atoms with E-state index < -0.39 is 21.1 Å². The van der Waals surface area contributed by atoms with Crippen LogP contribution in [0.1, 0.15) is 17.9 Å². The first-order chi connectivity index (χ1) is 8.08. The van der Waals surface area contributed by atoms with Crippen LogP contribution in [-0.4, -0.2) is 30.9 Å². The van der Waals surface area contributed by atoms with E-state index in [0.29, 0.717) is 10.0 Å². The quantitative estimate of drug-likeness (QED) is 0.347. The molecule has 1 aliphatic rings. The summed E-state index contributed by atoms with van der Waals surface area (Å²) in [6, 6.07) is 6.71. The number of imide groups is 1. The van der Waals surface area contributed by atoms with E-state index in [2.05, 4.69) is 5.32 Å². The predicted molar refractivity (Wildman–Crippen MR) is 59.3 cm³/mol. The van der Waals surface area contributed by atoms with Crippen molar-refractivity contribution in [1.82, 2.24) is 5.32 Å². The van der Waals surface area contributed by atoms with Crippen molar-refractivity contribution >= 4 is 31.5 Å². The molecule has 1 aromatic carbocycles. The second-order valence-electron chi connectivity index (χ2n) is 3.52. The summed E-state index contributed by atoms with van der Waals surface area (Å²) in [7, 11) is 0. The maximum atomic E-state index is 11.5. The van der Waals surface area contributed by atoms with E-state index >= 15 is 0 Å². The molecule has 2 rings (SSSR count). The SMILES string of the molecule is O=C1CC(c2ccccc2[Se][N+](=O)[O-])C(=O)N1. The average Bonchev–Trinajstić information content (AvgIpc) is 2.58. The molecule has 1 unspecified atom stereocenters. The van der Waals surface area contributed by atoms with Crippen LogP contribution in [0.2, 0.25) is 0 Å². The van der Waals surface area contributed by atoms with Crippen LogP contribution in [0.5, 0.6) is 0 Å². The summed E-state index contributed by atoms with van der Waals surface area (Å²) < 4.78 is 0.153. The third-order valence-corrected chi connectivity index (χ3v) is 3.94. The van der Waals surface area contributed by atoms with Crippen LogP contribution < -0.4 is 9.78 Å². The average molecular weight is 299 g/mol. The van der Waals surface area contributed by atoms with Crippen LogP contribution in [0.15, 0.2) is 24.3 Å². The molecular formula is C10H8N2O4Se. The minimum absolute atomic E-state index is 0.0731. The van der Waals surface area contributed by atoms with Gasteiger partial charge in [-0.15, -0.1) is 0 Å². The van der Waals surface area contributed by atoms with Crippen LogP contribution in [0, 0.1) is 10.1 Å². The summed E-state index contributed by atoms with van der Waals surface area (Å²) in [6.45, 7) is 0. The van der Waals surface area contributed by atoms with Gasteiger partial charge in [0.25, 0.3) is 0 Å². The Kier molecular flexibility index (Phi) is 3.21. The van der Waals surface area contributed by atoms with Crippen molar-refractivity contribution in [2.75, 3.05) is 0 Å². The van der Waals surface area contributed by atoms with Gasteiger partial charge in [-0.2, -0.15) is 0 Å². The summed E-state index contributed by atoms with van der Waals surface area (Å²) in [6.07, 6.45) is 0.0731. The van der Waals surface area contributed by atoms with Gasteiger partial charge in [0.2, 0.25) is 0 Å². The number of nitro groups is 1. The van der Waals surface area contributed by atoms with Crippen molar-refractivity contribution in [3.63, 3.8) is 0 Å². The van der Waals surface area contributed by atoms with Gasteiger partial charge in [-0.3, -0.25) is 0 Å². The van der Waals surface area contributed by atoms with Gasteiger partial charge >= 0.3 is 103 Å². The molecule has 1 fully saturated rings. The molecule has 1 aliphatic heterocycles. The number of rotatable bonds is 3. The van der Waals surface area contributed by atoms with Gasteiger partial charge in [-0.1, -0.05) is 0 Å². The van der Waals surface area contributed by atoms with E-state index in [1.165, 1.54) is 0 Å². The number of amides is 2. The third-order valence-electron chi connectivity index (χ3n) is 2.44. The molecule has 0 aromatic heterocycles. The van der Waals surface area contributed by atoms with Crippen molar-refractivity contribution in [2.45, 2.75) is 12.3 Å². The molecule has 0 aliphatic carbocycles. The van der Waals surface area contributed by atoms with Crippen molar-refractivity contribution < 1.29 is 13.5 Å². The van der Waals surface area contributed by atoms with Gasteiger partial charge in [0.15, 0.2) is 0 Å². The molecule has 0 bridgehead atoms. The van der Waals surface area contributed by atoms with E-state index in [4.69, 9.17) is 0 Å². The fourth-order valence-electron chi connectivity index (χ4n) is 1.74. The van der Waals surface area contributed by atoms with Gasteiger partial charge in [-0.05, 0) is 0 Å². The molecule has 0 spiro atoms. The molecule has 1 saturated heterocycles. The Morgan fingerprint density at radius 3 is 2.65 bits per heavy atom. The normalized spacial score (nSPS) is 19.2. The number of nitrogens with one attached hydrogen (secondary N) is 1. The first-order valence-electron chi connectivity index (χ1n) is 4.83. The summed E-state index contributed by atoms with van der Waals surface area (Å²) >= 11 is -0.928. The van der Waals surface area contributed by atoms with Crippen LogP contribution in [0.4, 0.5) is 0 Å². The van der Waals surface area contributed by atoms with Gasteiger partial charge in [0.1, 0.15) is 0 Å². The van der Waals surface area contributed by atoms with E-state index in [1.807, 2.05) is 0 Å². The Balaban J connectivity index is 2.34. The van der Waals surface area contributed by atoms with E-state index in [1.54, 1.807) is 24.3 Å². The number of carbonyl (C=O) groups is 2. The zero-order valence-electron chi connectivity index (χ0n) is 8.58. The summed E-state index contributed by atoms with van der Waals surface area (Å²) in [4.78, 5) is 33.2. The molecule has 1 N–H and O–H groups in total. The van der Waals surface area contributed by atoms with Gasteiger partial charge in [0, 0.05) is 0 Å². The van der Waals surface area contributed by atoms with E-state index in [-0.39, 0.29) is 22.2 Å². The fraction of sp³-hybridized carbons (Fsp3) is 0.200. The van der Waals surface area contributed by atoms with Crippen LogP contribution in [0.3, 0.4) is 0 Å². The Hall–Kier alpha value is -1.72. The van der Waals surface area contributed by atoms with Gasteiger partial charge in [0.05, 0.1) is 0 Å². The van der Waals surface area contributed by atoms with Crippen LogP contribution in [-0.2, 0) is 9.59 Å². The summed E-state index contributed by atoms with van der Waals surface area (Å²) in [5, 5.41) is 12.8. The molecule has 17 heavy (non-hydrogen) atoms. The molecule has 2 amide bonds. The second kappa shape index (κ2) is 4.65. The molecule has 1 heterocycles. The predicted octanol–water partition coefficient (Wildman–Crippen LogP) is -0.662. The first kappa shape index (κ1) is 11.8. The number of benzene rings is 1. The maximum absolute atomic E-state index is 11.5. The van der Waals surface area contributed by atoms with Gasteiger partial charge in [-0.25, -0.2) is 0 Å². The molecule has 6 nitrogen and oxygen atoms in total. The minimum atomic E-state index is -0.928. The second-order valence-corrected chi connectivity index (χ2v) is 5.45. The van der Waals surface area contributed by atoms with Crippen LogP contribution in [0.25, 0.3) is 0 Å². The van der Waals surface area contributed by atoms with E-state index in [9.17, 15) is 19.7 Å². The van der Waals surface area contributed by atoms with E-state index in [0.717, 1.165) is 0 Å². The molecule has 88 valence electrons. The Morgan fingerprint density at radius 1 is 1.35 bits per heavy atom. The molecule has 1 atom stereocenters. The molecule has 1 aromatic rings. The Morgan fingerprint density at radius 2 is 2.06 bits per heavy atom. The van der Waals surface area contributed by atoms with Crippen molar-refractivity contribution in [1.29, 1.82) is 0 Å². The fourth-order valence-corrected chi connectivity index (χ4v) is 3.03. The zero-order valence-corrected chi connectivity index (χ0v) is 10.3. The zero-order chi connectivity index (χ0) is 12.4. The number of hydrogen-bond acceptors (Lipinski definition) is 4. The number of hydrogen-bond donors (Lipinski definition) is 1. The molecular weight excluding hydrogens is 291 g/mol. The van der Waals surface area contributed by atoms with Crippen molar-refractivity contribution in [3.05, 3.63) is 39.9 Å². The Labute approximate surface area is 103 Å². The summed E-state index contributed by atoms with van der Waals surface area (Å²) in [5.41, 5.74) is 0.590. The van der Waals surface area contributed by atoms with Gasteiger partial charge < -0.3 is 0 Å². The van der Waals surface area contributed by atoms with Crippen molar-refractivity contribution in [2.24, 2.45) is 0 Å². The van der Waals surface area contributed by atoms with Crippen molar-refractivity contribution in [3.8, 4) is 0 Å².